The molecule has 0 aliphatic rings. The van der Waals surface area contributed by atoms with E-state index < -0.39 is 11.6 Å². The van der Waals surface area contributed by atoms with E-state index in [2.05, 4.69) is 21.2 Å². The molecule has 0 saturated carbocycles. The Hall–Kier alpha value is -0.720. The fourth-order valence-corrected chi connectivity index (χ4v) is 2.16. The second kappa shape index (κ2) is 8.45. The van der Waals surface area contributed by atoms with Gasteiger partial charge in [-0.3, -0.25) is 0 Å². The van der Waals surface area contributed by atoms with E-state index in [0.29, 0.717) is 30.7 Å². The van der Waals surface area contributed by atoms with E-state index in [0.717, 1.165) is 6.07 Å². The minimum absolute atomic E-state index is 0.244. The molecule has 0 heterocycles. The van der Waals surface area contributed by atoms with Crippen molar-refractivity contribution in [2.45, 2.75) is 26.6 Å². The summed E-state index contributed by atoms with van der Waals surface area (Å²) in [7, 11) is 0. The maximum Gasteiger partial charge on any atom is 0.159 e. The Balaban J connectivity index is 2.52. The van der Waals surface area contributed by atoms with Crippen molar-refractivity contribution < 1.29 is 18.3 Å². The van der Waals surface area contributed by atoms with Gasteiger partial charge in [-0.15, -0.1) is 0 Å². The summed E-state index contributed by atoms with van der Waals surface area (Å²) in [4.78, 5) is 0. The van der Waals surface area contributed by atoms with Crippen molar-refractivity contribution in [3.8, 4) is 0 Å². The Labute approximate surface area is 120 Å². The predicted molar refractivity (Wildman–Crippen MR) is 74.2 cm³/mol. The van der Waals surface area contributed by atoms with Crippen LogP contribution in [0.15, 0.2) is 16.6 Å². The molecule has 1 rings (SSSR count). The number of rotatable bonds is 8. The molecule has 3 nitrogen and oxygen atoms in total. The van der Waals surface area contributed by atoms with E-state index in [4.69, 9.17) is 9.47 Å². The van der Waals surface area contributed by atoms with Crippen LogP contribution in [0.5, 0.6) is 0 Å². The molecule has 19 heavy (non-hydrogen) atoms. The average Bonchev–Trinajstić information content (AvgIpc) is 2.32. The van der Waals surface area contributed by atoms with Crippen molar-refractivity contribution >= 4 is 21.6 Å². The van der Waals surface area contributed by atoms with Crippen LogP contribution >= 0.6 is 15.9 Å². The molecule has 0 unspecified atom stereocenters. The molecule has 0 saturated heterocycles. The average molecular weight is 338 g/mol. The second-order valence-corrected chi connectivity index (χ2v) is 4.65. The van der Waals surface area contributed by atoms with Gasteiger partial charge >= 0.3 is 0 Å². The van der Waals surface area contributed by atoms with Crippen LogP contribution in [0.2, 0.25) is 0 Å². The van der Waals surface area contributed by atoms with E-state index in [1.165, 1.54) is 6.07 Å². The molecule has 1 N–H and O–H groups in total. The zero-order valence-electron chi connectivity index (χ0n) is 11.0. The lowest BCUT2D eigenvalue weighted by Gasteiger charge is -2.18. The van der Waals surface area contributed by atoms with Gasteiger partial charge in [0.25, 0.3) is 0 Å². The second-order valence-electron chi connectivity index (χ2n) is 3.80. The largest absolute Gasteiger partial charge is 0.382 e. The molecule has 0 radical (unpaired) electrons. The highest BCUT2D eigenvalue weighted by atomic mass is 79.9. The third kappa shape index (κ3) is 5.42. The number of halogens is 3. The smallest absolute Gasteiger partial charge is 0.159 e. The van der Waals surface area contributed by atoms with Crippen molar-refractivity contribution in [2.24, 2.45) is 0 Å². The molecule has 0 aliphatic carbocycles. The predicted octanol–water partition coefficient (Wildman–Crippen LogP) is 3.93. The molecule has 0 aromatic heterocycles. The first-order valence-corrected chi connectivity index (χ1v) is 6.99. The lowest BCUT2D eigenvalue weighted by molar-refractivity contribution is -0.137. The Morgan fingerprint density at radius 3 is 2.37 bits per heavy atom. The molecule has 1 aromatic rings. The van der Waals surface area contributed by atoms with Gasteiger partial charge in [0.1, 0.15) is 11.6 Å². The van der Waals surface area contributed by atoms with Crippen LogP contribution < -0.4 is 5.32 Å². The quantitative estimate of drug-likeness (QED) is 0.729. The zero-order valence-corrected chi connectivity index (χ0v) is 12.6. The Kier molecular flexibility index (Phi) is 7.27. The van der Waals surface area contributed by atoms with Gasteiger partial charge in [0.2, 0.25) is 0 Å². The summed E-state index contributed by atoms with van der Waals surface area (Å²) in [6, 6.07) is 2.06. The van der Waals surface area contributed by atoms with Crippen molar-refractivity contribution in [2.75, 3.05) is 25.1 Å². The molecule has 0 atom stereocenters. The van der Waals surface area contributed by atoms with Crippen LogP contribution in [0.4, 0.5) is 14.5 Å². The molecule has 0 fully saturated rings. The van der Waals surface area contributed by atoms with Crippen molar-refractivity contribution in [1.29, 1.82) is 0 Å². The summed E-state index contributed by atoms with van der Waals surface area (Å²) in [5, 5.41) is 2.91. The van der Waals surface area contributed by atoms with Crippen molar-refractivity contribution in [3.05, 3.63) is 28.2 Å². The van der Waals surface area contributed by atoms with Crippen LogP contribution in [0.3, 0.4) is 0 Å². The third-order valence-electron chi connectivity index (χ3n) is 2.39. The number of ether oxygens (including phenoxy) is 2. The van der Waals surface area contributed by atoms with E-state index in [1.807, 2.05) is 13.8 Å². The Morgan fingerprint density at radius 2 is 1.84 bits per heavy atom. The first-order chi connectivity index (χ1) is 9.08. The summed E-state index contributed by atoms with van der Waals surface area (Å²) in [6.07, 6.45) is 0.259. The van der Waals surface area contributed by atoms with Gasteiger partial charge in [-0.05, 0) is 35.8 Å². The number of hydrogen-bond donors (Lipinski definition) is 1. The monoisotopic (exact) mass is 337 g/mol. The first kappa shape index (κ1) is 16.3. The molecular weight excluding hydrogens is 320 g/mol. The van der Waals surface area contributed by atoms with Crippen LogP contribution in [-0.2, 0) is 9.47 Å². The van der Waals surface area contributed by atoms with Gasteiger partial charge < -0.3 is 14.8 Å². The molecule has 108 valence electrons. The SMILES string of the molecule is CCOC(CCNc1c(F)cc(F)cc1Br)OCC. The van der Waals surface area contributed by atoms with Crippen molar-refractivity contribution in [1.82, 2.24) is 0 Å². The first-order valence-electron chi connectivity index (χ1n) is 6.20. The normalized spacial score (nSPS) is 11.1. The minimum atomic E-state index is -0.628. The Bertz CT molecular complexity index is 375. The van der Waals surface area contributed by atoms with Gasteiger partial charge in [-0.2, -0.15) is 0 Å². The van der Waals surface area contributed by atoms with Crippen LogP contribution in [-0.4, -0.2) is 26.0 Å². The van der Waals surface area contributed by atoms with Crippen LogP contribution in [0.25, 0.3) is 0 Å². The van der Waals surface area contributed by atoms with Crippen molar-refractivity contribution in [3.63, 3.8) is 0 Å². The van der Waals surface area contributed by atoms with Crippen LogP contribution in [0.1, 0.15) is 20.3 Å². The van der Waals surface area contributed by atoms with Gasteiger partial charge in [-0.1, -0.05) is 0 Å². The van der Waals surface area contributed by atoms with Gasteiger partial charge in [0.05, 0.1) is 5.69 Å². The number of hydrogen-bond acceptors (Lipinski definition) is 3. The van der Waals surface area contributed by atoms with Crippen LogP contribution in [0, 0.1) is 11.6 Å². The highest BCUT2D eigenvalue weighted by Gasteiger charge is 2.11. The number of nitrogens with one attached hydrogen (secondary N) is 1. The molecule has 0 bridgehead atoms. The lowest BCUT2D eigenvalue weighted by atomic mass is 10.3. The maximum absolute atomic E-state index is 13.5. The molecule has 0 amide bonds. The lowest BCUT2D eigenvalue weighted by Crippen LogP contribution is -2.21. The highest BCUT2D eigenvalue weighted by Crippen LogP contribution is 2.26. The topological polar surface area (TPSA) is 30.5 Å². The molecule has 6 heteroatoms. The standard InChI is InChI=1S/C13H18BrF2NO2/c1-3-18-12(19-4-2)5-6-17-13-10(14)7-9(15)8-11(13)16/h7-8,12,17H,3-6H2,1-2H3. The number of anilines is 1. The summed E-state index contributed by atoms with van der Waals surface area (Å²) in [5.41, 5.74) is 0.244. The summed E-state index contributed by atoms with van der Waals surface area (Å²) in [5.74, 6) is -1.24. The van der Waals surface area contributed by atoms with Gasteiger partial charge in [0.15, 0.2) is 6.29 Å². The summed E-state index contributed by atoms with van der Waals surface area (Å²) < 4.78 is 37.6. The van der Waals surface area contributed by atoms with E-state index in [-0.39, 0.29) is 12.0 Å². The fraction of sp³-hybridized carbons (Fsp3) is 0.538. The van der Waals surface area contributed by atoms with E-state index in [1.54, 1.807) is 0 Å². The highest BCUT2D eigenvalue weighted by molar-refractivity contribution is 9.10. The summed E-state index contributed by atoms with van der Waals surface area (Å²) >= 11 is 3.12. The molecule has 1 aromatic carbocycles. The third-order valence-corrected chi connectivity index (χ3v) is 3.02. The van der Waals surface area contributed by atoms with E-state index >= 15 is 0 Å². The number of benzene rings is 1. The minimum Gasteiger partial charge on any atom is -0.382 e. The zero-order chi connectivity index (χ0) is 14.3. The maximum atomic E-state index is 13.5. The molecule has 0 aliphatic heterocycles. The molecular formula is C13H18BrF2NO2. The van der Waals surface area contributed by atoms with Gasteiger partial charge in [-0.25, -0.2) is 8.78 Å². The summed E-state index contributed by atoms with van der Waals surface area (Å²) in [6.45, 7) is 5.34. The fourth-order valence-electron chi connectivity index (χ4n) is 1.61. The van der Waals surface area contributed by atoms with Gasteiger partial charge in [0, 0.05) is 36.7 Å². The van der Waals surface area contributed by atoms with E-state index in [9.17, 15) is 8.78 Å². The Morgan fingerprint density at radius 1 is 1.21 bits per heavy atom. The molecule has 0 spiro atoms.